The smallest absolute Gasteiger partial charge is 0.146 e. The van der Waals surface area contributed by atoms with Crippen molar-refractivity contribution in [2.24, 2.45) is 0 Å². The van der Waals surface area contributed by atoms with Crippen LogP contribution in [-0.4, -0.2) is 39.7 Å². The van der Waals surface area contributed by atoms with Gasteiger partial charge in [-0.3, -0.25) is 4.79 Å². The molecule has 0 spiro atoms. The first kappa shape index (κ1) is 12.7. The fourth-order valence-corrected chi connectivity index (χ4v) is 1.25. The molecule has 0 bridgehead atoms. The number of Topliss-reactive ketones (excluding diaryl/α,β-unsaturated/α-hetero) is 1. The Morgan fingerprint density at radius 2 is 2.15 bits per heavy atom. The van der Waals surface area contributed by atoms with E-state index in [0.29, 0.717) is 6.44 Å². The van der Waals surface area contributed by atoms with Crippen LogP contribution in [0.3, 0.4) is 0 Å². The van der Waals surface area contributed by atoms with Crippen molar-refractivity contribution in [1.29, 1.82) is 0 Å². The maximum absolute atomic E-state index is 11.0. The van der Waals surface area contributed by atoms with Gasteiger partial charge >= 0.3 is 0 Å². The van der Waals surface area contributed by atoms with Crippen molar-refractivity contribution < 1.29 is 4.79 Å². The molecule has 0 aromatic carbocycles. The van der Waals surface area contributed by atoms with Crippen LogP contribution in [0.15, 0.2) is 0 Å². The Labute approximate surface area is 82.1 Å². The van der Waals surface area contributed by atoms with Gasteiger partial charge in [0.2, 0.25) is 0 Å². The standard InChI is InChI=1S/C9H19BN2O/c1-8(13)9(11-2)5-3-4-6-12-7-10/h9,11-12H,3-7H2,1-2H3/t9-/m0/s1. The molecule has 0 rings (SSSR count). The van der Waals surface area contributed by atoms with Gasteiger partial charge in [0.05, 0.1) is 13.9 Å². The van der Waals surface area contributed by atoms with Crippen LogP contribution in [0.4, 0.5) is 0 Å². The van der Waals surface area contributed by atoms with Gasteiger partial charge in [-0.2, -0.15) is 0 Å². The summed E-state index contributed by atoms with van der Waals surface area (Å²) < 4.78 is 0. The van der Waals surface area contributed by atoms with E-state index in [1.165, 1.54) is 0 Å². The largest absolute Gasteiger partial charge is 0.325 e. The first-order valence-corrected chi connectivity index (χ1v) is 4.81. The Kier molecular flexibility index (Phi) is 8.04. The Morgan fingerprint density at radius 1 is 1.46 bits per heavy atom. The Hall–Kier alpha value is -0.345. The summed E-state index contributed by atoms with van der Waals surface area (Å²) in [6.45, 7) is 2.56. The highest BCUT2D eigenvalue weighted by Gasteiger charge is 2.09. The van der Waals surface area contributed by atoms with Gasteiger partial charge in [-0.1, -0.05) is 6.42 Å². The lowest BCUT2D eigenvalue weighted by atomic mass is 10.1. The summed E-state index contributed by atoms with van der Waals surface area (Å²) in [5, 5.41) is 6.04. The molecule has 0 unspecified atom stereocenters. The number of rotatable bonds is 8. The van der Waals surface area contributed by atoms with Gasteiger partial charge in [0, 0.05) is 0 Å². The van der Waals surface area contributed by atoms with E-state index < -0.39 is 0 Å². The van der Waals surface area contributed by atoms with E-state index >= 15 is 0 Å². The Bertz CT molecular complexity index is 142. The van der Waals surface area contributed by atoms with Crippen molar-refractivity contribution in [3.63, 3.8) is 0 Å². The molecule has 4 heteroatoms. The lowest BCUT2D eigenvalue weighted by Gasteiger charge is -2.11. The van der Waals surface area contributed by atoms with E-state index in [2.05, 4.69) is 10.6 Å². The minimum atomic E-state index is 0.0258. The van der Waals surface area contributed by atoms with Gasteiger partial charge in [0.15, 0.2) is 0 Å². The predicted octanol–water partition coefficient (Wildman–Crippen LogP) is 0.0493. The molecule has 1 atom stereocenters. The summed E-state index contributed by atoms with van der Waals surface area (Å²) in [4.78, 5) is 11.0. The molecule has 2 N–H and O–H groups in total. The van der Waals surface area contributed by atoms with Gasteiger partial charge in [-0.15, -0.1) is 0 Å². The van der Waals surface area contributed by atoms with E-state index in [9.17, 15) is 4.79 Å². The molecule has 13 heavy (non-hydrogen) atoms. The summed E-state index contributed by atoms with van der Waals surface area (Å²) in [7, 11) is 7.09. The Morgan fingerprint density at radius 3 is 2.62 bits per heavy atom. The van der Waals surface area contributed by atoms with Crippen molar-refractivity contribution in [3.05, 3.63) is 0 Å². The molecular weight excluding hydrogens is 163 g/mol. The van der Waals surface area contributed by atoms with E-state index in [4.69, 9.17) is 7.85 Å². The fraction of sp³-hybridized carbons (Fsp3) is 0.889. The normalized spacial score (nSPS) is 12.8. The number of hydrogen-bond acceptors (Lipinski definition) is 3. The first-order chi connectivity index (χ1) is 6.22. The topological polar surface area (TPSA) is 41.1 Å². The average Bonchev–Trinajstić information content (AvgIpc) is 2.10. The molecule has 0 heterocycles. The third kappa shape index (κ3) is 6.78. The summed E-state index contributed by atoms with van der Waals surface area (Å²) in [6, 6.07) is 0.0258. The second kappa shape index (κ2) is 8.26. The van der Waals surface area contributed by atoms with Crippen LogP contribution >= 0.6 is 0 Å². The third-order valence-electron chi connectivity index (χ3n) is 2.08. The third-order valence-corrected chi connectivity index (χ3v) is 2.08. The number of carbonyl (C=O) groups excluding carboxylic acids is 1. The molecule has 2 radical (unpaired) electrons. The molecule has 3 nitrogen and oxygen atoms in total. The summed E-state index contributed by atoms with van der Waals surface area (Å²) in [5.41, 5.74) is 0. The van der Waals surface area contributed by atoms with Crippen LogP contribution in [0.5, 0.6) is 0 Å². The quantitative estimate of drug-likeness (QED) is 0.411. The van der Waals surface area contributed by atoms with Crippen LogP contribution in [0.1, 0.15) is 26.2 Å². The maximum atomic E-state index is 11.0. The van der Waals surface area contributed by atoms with E-state index in [-0.39, 0.29) is 11.8 Å². The monoisotopic (exact) mass is 182 g/mol. The van der Waals surface area contributed by atoms with E-state index in [1.54, 1.807) is 6.92 Å². The summed E-state index contributed by atoms with van der Waals surface area (Å²) in [6.07, 6.45) is 3.57. The predicted molar refractivity (Wildman–Crippen MR) is 56.0 cm³/mol. The molecular formula is C9H19BN2O. The van der Waals surface area contributed by atoms with Crippen LogP contribution in [0.2, 0.25) is 0 Å². The maximum Gasteiger partial charge on any atom is 0.146 e. The molecule has 0 amide bonds. The number of unbranched alkanes of at least 4 members (excludes halogenated alkanes) is 1. The molecule has 0 saturated heterocycles. The molecule has 0 aromatic rings. The zero-order valence-corrected chi connectivity index (χ0v) is 8.60. The van der Waals surface area contributed by atoms with Crippen LogP contribution in [0.25, 0.3) is 0 Å². The van der Waals surface area contributed by atoms with Gasteiger partial charge in [0.1, 0.15) is 5.78 Å². The molecule has 0 aliphatic heterocycles. The second-order valence-electron chi connectivity index (χ2n) is 3.15. The highest BCUT2D eigenvalue weighted by molar-refractivity contribution is 6.08. The van der Waals surface area contributed by atoms with Crippen molar-refractivity contribution in [1.82, 2.24) is 10.6 Å². The average molecular weight is 182 g/mol. The van der Waals surface area contributed by atoms with E-state index in [1.807, 2.05) is 7.05 Å². The van der Waals surface area contributed by atoms with Crippen molar-refractivity contribution in [2.45, 2.75) is 32.2 Å². The van der Waals surface area contributed by atoms with Crippen LogP contribution < -0.4 is 10.6 Å². The number of likely N-dealkylation sites (N-methyl/N-ethyl adjacent to an activating group) is 1. The highest BCUT2D eigenvalue weighted by atomic mass is 16.1. The van der Waals surface area contributed by atoms with Gasteiger partial charge < -0.3 is 10.6 Å². The van der Waals surface area contributed by atoms with Crippen molar-refractivity contribution in [2.75, 3.05) is 20.0 Å². The molecule has 0 aromatic heterocycles. The molecule has 0 saturated carbocycles. The van der Waals surface area contributed by atoms with Crippen LogP contribution in [-0.2, 0) is 4.79 Å². The molecule has 74 valence electrons. The number of ketones is 1. The summed E-state index contributed by atoms with van der Waals surface area (Å²) >= 11 is 0. The highest BCUT2D eigenvalue weighted by Crippen LogP contribution is 2.00. The fourth-order valence-electron chi connectivity index (χ4n) is 1.25. The number of carbonyl (C=O) groups is 1. The Balaban J connectivity index is 3.33. The van der Waals surface area contributed by atoms with Crippen molar-refractivity contribution in [3.8, 4) is 0 Å². The molecule has 0 aliphatic rings. The van der Waals surface area contributed by atoms with Gasteiger partial charge in [0.25, 0.3) is 0 Å². The first-order valence-electron chi connectivity index (χ1n) is 4.81. The number of hydrogen-bond donors (Lipinski definition) is 2. The number of nitrogens with one attached hydrogen (secondary N) is 2. The van der Waals surface area contributed by atoms with E-state index in [0.717, 1.165) is 25.8 Å². The minimum Gasteiger partial charge on any atom is -0.325 e. The molecule has 0 aliphatic carbocycles. The zero-order chi connectivity index (χ0) is 10.1. The molecule has 0 fully saturated rings. The van der Waals surface area contributed by atoms with Gasteiger partial charge in [-0.25, -0.2) is 0 Å². The minimum absolute atomic E-state index is 0.0258. The second-order valence-corrected chi connectivity index (χ2v) is 3.15. The zero-order valence-electron chi connectivity index (χ0n) is 8.60. The van der Waals surface area contributed by atoms with Crippen LogP contribution in [0, 0.1) is 0 Å². The SMILES string of the molecule is [B]CNCCCC[C@H](NC)C(C)=O. The van der Waals surface area contributed by atoms with Crippen molar-refractivity contribution >= 4 is 13.6 Å². The summed E-state index contributed by atoms with van der Waals surface area (Å²) in [5.74, 6) is 0.217. The lowest BCUT2D eigenvalue weighted by Crippen LogP contribution is -2.32. The lowest BCUT2D eigenvalue weighted by molar-refractivity contribution is -0.119. The van der Waals surface area contributed by atoms with Gasteiger partial charge in [-0.05, 0) is 39.8 Å².